The van der Waals surface area contributed by atoms with Gasteiger partial charge < -0.3 is 15.0 Å². The van der Waals surface area contributed by atoms with Crippen LogP contribution in [0.15, 0.2) is 5.11 Å². The van der Waals surface area contributed by atoms with Gasteiger partial charge in [0.05, 0.1) is 5.56 Å². The second-order valence-electron chi connectivity index (χ2n) is 7.38. The number of carbonyl (C=O) groups excluding carboxylic acids is 1. The second-order valence-corrected chi connectivity index (χ2v) is 7.38. The van der Waals surface area contributed by atoms with Crippen molar-refractivity contribution in [3.8, 4) is 0 Å². The number of ether oxygens (including phenoxy) is 1. The number of hydrogen-bond donors (Lipinski definition) is 1. The molecule has 1 aliphatic heterocycles. The van der Waals surface area contributed by atoms with Crippen LogP contribution < -0.4 is 10.2 Å². The molecule has 7 nitrogen and oxygen atoms in total. The maximum atomic E-state index is 12.8. The first-order valence-electron chi connectivity index (χ1n) is 8.55. The van der Waals surface area contributed by atoms with Crippen LogP contribution in [-0.4, -0.2) is 37.7 Å². The first kappa shape index (κ1) is 19.1. The number of azide groups is 1. The van der Waals surface area contributed by atoms with Crippen LogP contribution in [0.5, 0.6) is 0 Å². The molecule has 25 heavy (non-hydrogen) atoms. The van der Waals surface area contributed by atoms with Crippen LogP contribution in [0.1, 0.15) is 47.8 Å². The smallest absolute Gasteiger partial charge is 0.339 e. The van der Waals surface area contributed by atoms with E-state index in [-0.39, 0.29) is 5.97 Å². The van der Waals surface area contributed by atoms with E-state index in [2.05, 4.69) is 20.2 Å². The van der Waals surface area contributed by atoms with Gasteiger partial charge in [0.25, 0.3) is 0 Å². The lowest BCUT2D eigenvalue weighted by Crippen LogP contribution is -2.44. The minimum absolute atomic E-state index is 0.381. The molecule has 1 saturated heterocycles. The highest BCUT2D eigenvalue weighted by atomic mass is 16.6. The molecule has 1 aromatic rings. The summed E-state index contributed by atoms with van der Waals surface area (Å²) in [6, 6.07) is 0. The largest absolute Gasteiger partial charge is 0.456 e. The van der Waals surface area contributed by atoms with Crippen LogP contribution in [0.3, 0.4) is 0 Å². The van der Waals surface area contributed by atoms with Crippen molar-refractivity contribution in [1.29, 1.82) is 0 Å². The van der Waals surface area contributed by atoms with Crippen LogP contribution >= 0.6 is 0 Å². The Balaban J connectivity index is 2.67. The molecule has 0 spiro atoms. The van der Waals surface area contributed by atoms with E-state index in [4.69, 9.17) is 10.3 Å². The molecule has 1 N–H and O–H groups in total. The highest BCUT2D eigenvalue weighted by Crippen LogP contribution is 2.39. The molecule has 0 aliphatic carbocycles. The van der Waals surface area contributed by atoms with E-state index < -0.39 is 5.60 Å². The maximum Gasteiger partial charge on any atom is 0.339 e. The van der Waals surface area contributed by atoms with E-state index in [1.54, 1.807) is 0 Å². The third-order valence-corrected chi connectivity index (χ3v) is 4.35. The molecule has 0 bridgehead atoms. The average molecular weight is 345 g/mol. The Kier molecular flexibility index (Phi) is 5.60. The fourth-order valence-electron chi connectivity index (χ4n) is 3.39. The van der Waals surface area contributed by atoms with E-state index in [0.717, 1.165) is 43.0 Å². The summed E-state index contributed by atoms with van der Waals surface area (Å²) in [4.78, 5) is 18.0. The van der Waals surface area contributed by atoms with Gasteiger partial charge in [-0.3, -0.25) is 0 Å². The first-order chi connectivity index (χ1) is 11.7. The van der Waals surface area contributed by atoms with Crippen LogP contribution in [0.2, 0.25) is 0 Å². The summed E-state index contributed by atoms with van der Waals surface area (Å²) in [7, 11) is 0. The maximum absolute atomic E-state index is 12.8. The van der Waals surface area contributed by atoms with Crippen molar-refractivity contribution < 1.29 is 9.53 Å². The summed E-state index contributed by atoms with van der Waals surface area (Å²) in [6.45, 7) is 14.7. The van der Waals surface area contributed by atoms with E-state index >= 15 is 0 Å². The lowest BCUT2D eigenvalue weighted by atomic mass is 9.93. The zero-order valence-electron chi connectivity index (χ0n) is 15.9. The third-order valence-electron chi connectivity index (χ3n) is 4.35. The molecule has 2 rings (SSSR count). The molecule has 0 unspecified atom stereocenters. The molecule has 0 aromatic heterocycles. The van der Waals surface area contributed by atoms with Gasteiger partial charge >= 0.3 is 5.97 Å². The average Bonchev–Trinajstić information content (AvgIpc) is 2.51. The highest BCUT2D eigenvalue weighted by molar-refractivity contribution is 5.97. The number of esters is 1. The molecule has 0 atom stereocenters. The lowest BCUT2D eigenvalue weighted by molar-refractivity contribution is 0.00680. The van der Waals surface area contributed by atoms with E-state index in [1.807, 2.05) is 41.5 Å². The normalized spacial score (nSPS) is 14.9. The highest BCUT2D eigenvalue weighted by Gasteiger charge is 2.27. The number of nitrogens with zero attached hydrogens (tertiary/aromatic N) is 4. The van der Waals surface area contributed by atoms with Crippen LogP contribution in [0.4, 0.5) is 11.4 Å². The van der Waals surface area contributed by atoms with Gasteiger partial charge in [-0.1, -0.05) is 5.11 Å². The third kappa shape index (κ3) is 4.06. The predicted octanol–water partition coefficient (Wildman–Crippen LogP) is 3.92. The Morgan fingerprint density at radius 2 is 1.76 bits per heavy atom. The van der Waals surface area contributed by atoms with Gasteiger partial charge in [-0.05, 0) is 63.8 Å². The van der Waals surface area contributed by atoms with Gasteiger partial charge in [0.2, 0.25) is 0 Å². The van der Waals surface area contributed by atoms with Crippen molar-refractivity contribution in [3.63, 3.8) is 0 Å². The first-order valence-corrected chi connectivity index (χ1v) is 8.55. The van der Waals surface area contributed by atoms with Gasteiger partial charge in [0, 0.05) is 42.5 Å². The number of rotatable bonds is 3. The zero-order chi connectivity index (χ0) is 18.8. The van der Waals surface area contributed by atoms with Gasteiger partial charge in [-0.25, -0.2) is 4.79 Å². The lowest BCUT2D eigenvalue weighted by Gasteiger charge is -2.34. The number of benzene rings is 1. The van der Waals surface area contributed by atoms with Gasteiger partial charge in [0.15, 0.2) is 0 Å². The van der Waals surface area contributed by atoms with Crippen molar-refractivity contribution in [1.82, 2.24) is 5.32 Å². The topological polar surface area (TPSA) is 90.3 Å². The summed E-state index contributed by atoms with van der Waals surface area (Å²) < 4.78 is 5.60. The molecular formula is C18H27N5O2. The molecule has 1 fully saturated rings. The minimum Gasteiger partial charge on any atom is -0.456 e. The molecule has 7 heteroatoms. The summed E-state index contributed by atoms with van der Waals surface area (Å²) in [6.07, 6.45) is 0. The summed E-state index contributed by atoms with van der Waals surface area (Å²) >= 11 is 0. The Hall–Kier alpha value is -2.24. The molecule has 1 aromatic carbocycles. The Morgan fingerprint density at radius 3 is 2.28 bits per heavy atom. The molecule has 0 saturated carbocycles. The fraction of sp³-hybridized carbons (Fsp3) is 0.611. The van der Waals surface area contributed by atoms with Crippen molar-refractivity contribution in [3.05, 3.63) is 32.7 Å². The molecule has 1 heterocycles. The predicted molar refractivity (Wildman–Crippen MR) is 99.7 cm³/mol. The summed E-state index contributed by atoms with van der Waals surface area (Å²) in [5.41, 5.74) is 12.8. The SMILES string of the molecule is Cc1c(N=[N+]=[N-])c(C)c(N2CCNCC2)c(C)c1C(=O)OC(C)(C)C. The van der Waals surface area contributed by atoms with Crippen LogP contribution in [0.25, 0.3) is 10.4 Å². The van der Waals surface area contributed by atoms with E-state index in [9.17, 15) is 4.79 Å². The number of hydrogen-bond acceptors (Lipinski definition) is 5. The number of nitrogens with one attached hydrogen (secondary N) is 1. The molecule has 0 radical (unpaired) electrons. The molecule has 1 aliphatic rings. The Labute approximate surface area is 149 Å². The Bertz CT molecular complexity index is 724. The number of anilines is 1. The van der Waals surface area contributed by atoms with Crippen LogP contribution in [-0.2, 0) is 4.74 Å². The number of carbonyl (C=O) groups is 1. The Morgan fingerprint density at radius 1 is 1.16 bits per heavy atom. The van der Waals surface area contributed by atoms with Crippen molar-refractivity contribution >= 4 is 17.3 Å². The molecule has 0 amide bonds. The monoisotopic (exact) mass is 345 g/mol. The second kappa shape index (κ2) is 7.33. The fourth-order valence-corrected chi connectivity index (χ4v) is 3.39. The van der Waals surface area contributed by atoms with Gasteiger partial charge in [-0.15, -0.1) is 0 Å². The van der Waals surface area contributed by atoms with Crippen molar-refractivity contribution in [2.75, 3.05) is 31.1 Å². The van der Waals surface area contributed by atoms with Gasteiger partial charge in [0.1, 0.15) is 5.60 Å². The molecular weight excluding hydrogens is 318 g/mol. The van der Waals surface area contributed by atoms with Crippen molar-refractivity contribution in [2.24, 2.45) is 5.11 Å². The van der Waals surface area contributed by atoms with Crippen LogP contribution in [0, 0.1) is 20.8 Å². The van der Waals surface area contributed by atoms with E-state index in [0.29, 0.717) is 16.8 Å². The molecule has 136 valence electrons. The minimum atomic E-state index is -0.589. The summed E-state index contributed by atoms with van der Waals surface area (Å²) in [5.74, 6) is -0.381. The van der Waals surface area contributed by atoms with Gasteiger partial charge in [-0.2, -0.15) is 0 Å². The summed E-state index contributed by atoms with van der Waals surface area (Å²) in [5, 5.41) is 7.20. The van der Waals surface area contributed by atoms with Crippen molar-refractivity contribution in [2.45, 2.75) is 47.1 Å². The number of piperazine rings is 1. The van der Waals surface area contributed by atoms with E-state index in [1.165, 1.54) is 0 Å². The standard InChI is InChI=1S/C18H27N5O2/c1-11-14(17(24)25-18(4,5)6)12(2)16(13(3)15(11)21-22-19)23-9-7-20-8-10-23/h20H,7-10H2,1-6H3. The zero-order valence-corrected chi connectivity index (χ0v) is 15.9. The quantitative estimate of drug-likeness (QED) is 0.389.